The van der Waals surface area contributed by atoms with Crippen LogP contribution in [-0.2, 0) is 4.79 Å². The lowest BCUT2D eigenvalue weighted by Crippen LogP contribution is -2.51. The highest BCUT2D eigenvalue weighted by Crippen LogP contribution is 2.25. The van der Waals surface area contributed by atoms with E-state index in [9.17, 15) is 9.90 Å². The number of aliphatic hydroxyl groups is 1. The predicted molar refractivity (Wildman–Crippen MR) is 79.0 cm³/mol. The number of hydrogen-bond donors (Lipinski definition) is 2. The van der Waals surface area contributed by atoms with Crippen molar-refractivity contribution in [2.75, 3.05) is 13.1 Å². The molecule has 4 nitrogen and oxygen atoms in total. The average Bonchev–Trinajstić information content (AvgIpc) is 2.45. The van der Waals surface area contributed by atoms with E-state index in [2.05, 4.69) is 0 Å². The molecule has 1 fully saturated rings. The molecule has 0 radical (unpaired) electrons. The number of likely N-dealkylation sites (tertiary alicyclic amines) is 1. The summed E-state index contributed by atoms with van der Waals surface area (Å²) in [7, 11) is 0. The number of nitrogens with two attached hydrogens (primary N) is 1. The quantitative estimate of drug-likeness (QED) is 0.883. The second-order valence-corrected chi connectivity index (χ2v) is 6.09. The monoisotopic (exact) mass is 276 g/mol. The van der Waals surface area contributed by atoms with Crippen LogP contribution in [-0.4, -0.2) is 34.6 Å². The average molecular weight is 276 g/mol. The van der Waals surface area contributed by atoms with Crippen LogP contribution >= 0.6 is 0 Å². The minimum Gasteiger partial charge on any atom is -0.388 e. The van der Waals surface area contributed by atoms with Crippen LogP contribution in [0.15, 0.2) is 30.3 Å². The van der Waals surface area contributed by atoms with E-state index in [1.54, 1.807) is 11.8 Å². The van der Waals surface area contributed by atoms with Crippen LogP contribution < -0.4 is 5.73 Å². The third-order valence-corrected chi connectivity index (χ3v) is 4.10. The highest BCUT2D eigenvalue weighted by atomic mass is 16.3. The molecule has 3 unspecified atom stereocenters. The maximum Gasteiger partial charge on any atom is 0.227 e. The lowest BCUT2D eigenvalue weighted by atomic mass is 9.91. The van der Waals surface area contributed by atoms with Crippen LogP contribution in [0.2, 0.25) is 0 Å². The highest BCUT2D eigenvalue weighted by Gasteiger charge is 2.34. The molecular weight excluding hydrogens is 252 g/mol. The van der Waals surface area contributed by atoms with E-state index in [1.807, 2.05) is 37.3 Å². The number of nitrogens with zero attached hydrogens (tertiary/aromatic N) is 1. The van der Waals surface area contributed by atoms with Crippen molar-refractivity contribution in [2.45, 2.75) is 38.3 Å². The van der Waals surface area contributed by atoms with E-state index >= 15 is 0 Å². The maximum atomic E-state index is 12.5. The van der Waals surface area contributed by atoms with Crippen molar-refractivity contribution in [3.05, 3.63) is 35.9 Å². The van der Waals surface area contributed by atoms with Gasteiger partial charge >= 0.3 is 0 Å². The van der Waals surface area contributed by atoms with Gasteiger partial charge in [0.2, 0.25) is 5.91 Å². The van der Waals surface area contributed by atoms with Gasteiger partial charge in [0.25, 0.3) is 0 Å². The number of rotatable bonds is 3. The van der Waals surface area contributed by atoms with Crippen molar-refractivity contribution in [1.82, 2.24) is 4.90 Å². The Morgan fingerprint density at radius 3 is 2.65 bits per heavy atom. The summed E-state index contributed by atoms with van der Waals surface area (Å²) in [5.41, 5.74) is 6.40. The summed E-state index contributed by atoms with van der Waals surface area (Å²) >= 11 is 0. The number of amides is 1. The van der Waals surface area contributed by atoms with Crippen LogP contribution in [0.25, 0.3) is 0 Å². The summed E-state index contributed by atoms with van der Waals surface area (Å²) in [6.07, 6.45) is 1.59. The first kappa shape index (κ1) is 15.0. The topological polar surface area (TPSA) is 66.6 Å². The van der Waals surface area contributed by atoms with Crippen molar-refractivity contribution >= 4 is 5.91 Å². The fraction of sp³-hybridized carbons (Fsp3) is 0.562. The predicted octanol–water partition coefficient (Wildman–Crippen LogP) is 1.70. The molecule has 0 saturated carbocycles. The first-order valence-electron chi connectivity index (χ1n) is 7.22. The lowest BCUT2D eigenvalue weighted by Gasteiger charge is -2.38. The Morgan fingerprint density at radius 2 is 2.05 bits per heavy atom. The molecule has 2 rings (SSSR count). The van der Waals surface area contributed by atoms with Crippen LogP contribution in [0.4, 0.5) is 0 Å². The van der Waals surface area contributed by atoms with Gasteiger partial charge in [-0.3, -0.25) is 4.79 Å². The molecule has 0 bridgehead atoms. The van der Waals surface area contributed by atoms with Crippen LogP contribution in [0.5, 0.6) is 0 Å². The van der Waals surface area contributed by atoms with Gasteiger partial charge in [0.05, 0.1) is 11.5 Å². The second kappa shape index (κ2) is 5.94. The number of hydrogen-bond acceptors (Lipinski definition) is 3. The largest absolute Gasteiger partial charge is 0.388 e. The Kier molecular flexibility index (Phi) is 4.45. The van der Waals surface area contributed by atoms with E-state index in [1.165, 1.54) is 0 Å². The standard InChI is InChI=1S/C16H24N2O2/c1-12(14(17)13-7-4-3-5-8-13)15(19)18-10-6-9-16(2,20)11-18/h3-5,7-8,12,14,20H,6,9-11,17H2,1-2H3. The number of carbonyl (C=O) groups excluding carboxylic acids is 1. The zero-order valence-electron chi connectivity index (χ0n) is 12.2. The zero-order chi connectivity index (χ0) is 14.8. The molecule has 20 heavy (non-hydrogen) atoms. The van der Waals surface area contributed by atoms with Gasteiger partial charge in [0.1, 0.15) is 0 Å². The number of β-amino-alcohol motifs (C(OH)–C–C–N with tert-alkyl or cyclic N) is 1. The van der Waals surface area contributed by atoms with Crippen molar-refractivity contribution < 1.29 is 9.90 Å². The minimum absolute atomic E-state index is 0.0290. The Balaban J connectivity index is 2.05. The Hall–Kier alpha value is -1.39. The molecule has 1 aliphatic rings. The fourth-order valence-corrected chi connectivity index (χ4v) is 2.81. The van der Waals surface area contributed by atoms with Crippen molar-refractivity contribution in [3.8, 4) is 0 Å². The Bertz CT molecular complexity index is 459. The smallest absolute Gasteiger partial charge is 0.227 e. The normalized spacial score (nSPS) is 26.1. The molecule has 1 amide bonds. The molecule has 0 aliphatic carbocycles. The SMILES string of the molecule is CC(C(=O)N1CCCC(C)(O)C1)C(N)c1ccccc1. The molecule has 1 aromatic rings. The Morgan fingerprint density at radius 1 is 1.40 bits per heavy atom. The van der Waals surface area contributed by atoms with Gasteiger partial charge in [0, 0.05) is 19.1 Å². The summed E-state index contributed by atoms with van der Waals surface area (Å²) in [5.74, 6) is -0.257. The first-order chi connectivity index (χ1) is 9.41. The molecule has 110 valence electrons. The van der Waals surface area contributed by atoms with E-state index in [4.69, 9.17) is 5.73 Å². The first-order valence-corrected chi connectivity index (χ1v) is 7.22. The molecule has 1 saturated heterocycles. The summed E-state index contributed by atoms with van der Waals surface area (Å²) in [6.45, 7) is 4.76. The molecule has 0 spiro atoms. The van der Waals surface area contributed by atoms with E-state index < -0.39 is 5.60 Å². The van der Waals surface area contributed by atoms with Crippen molar-refractivity contribution in [1.29, 1.82) is 0 Å². The Labute approximate surface area is 120 Å². The third-order valence-electron chi connectivity index (χ3n) is 4.10. The number of piperidine rings is 1. The number of benzene rings is 1. The van der Waals surface area contributed by atoms with Gasteiger partial charge in [0.15, 0.2) is 0 Å². The molecule has 3 atom stereocenters. The lowest BCUT2D eigenvalue weighted by molar-refractivity contribution is -0.142. The van der Waals surface area contributed by atoms with Gasteiger partial charge in [-0.05, 0) is 25.3 Å². The second-order valence-electron chi connectivity index (χ2n) is 6.09. The van der Waals surface area contributed by atoms with E-state index in [0.717, 1.165) is 18.4 Å². The molecule has 1 aromatic carbocycles. The summed E-state index contributed by atoms with van der Waals surface area (Å²) in [6, 6.07) is 9.37. The van der Waals surface area contributed by atoms with Crippen LogP contribution in [0, 0.1) is 5.92 Å². The molecule has 3 N–H and O–H groups in total. The van der Waals surface area contributed by atoms with Gasteiger partial charge in [-0.1, -0.05) is 37.3 Å². The van der Waals surface area contributed by atoms with Gasteiger partial charge in [-0.2, -0.15) is 0 Å². The van der Waals surface area contributed by atoms with Gasteiger partial charge < -0.3 is 15.7 Å². The van der Waals surface area contributed by atoms with Crippen LogP contribution in [0.3, 0.4) is 0 Å². The van der Waals surface area contributed by atoms with Gasteiger partial charge in [-0.25, -0.2) is 0 Å². The molecule has 0 aromatic heterocycles. The molecular formula is C16H24N2O2. The van der Waals surface area contributed by atoms with Crippen molar-refractivity contribution in [2.24, 2.45) is 11.7 Å². The zero-order valence-corrected chi connectivity index (χ0v) is 12.2. The maximum absolute atomic E-state index is 12.5. The number of carbonyl (C=O) groups is 1. The summed E-state index contributed by atoms with van der Waals surface area (Å²) in [4.78, 5) is 14.3. The van der Waals surface area contributed by atoms with Crippen molar-refractivity contribution in [3.63, 3.8) is 0 Å². The minimum atomic E-state index is -0.773. The van der Waals surface area contributed by atoms with Crippen LogP contribution in [0.1, 0.15) is 38.3 Å². The fourth-order valence-electron chi connectivity index (χ4n) is 2.81. The van der Waals surface area contributed by atoms with E-state index in [0.29, 0.717) is 13.1 Å². The summed E-state index contributed by atoms with van der Waals surface area (Å²) in [5, 5.41) is 10.1. The molecule has 1 aliphatic heterocycles. The molecule has 1 heterocycles. The van der Waals surface area contributed by atoms with E-state index in [-0.39, 0.29) is 17.9 Å². The third kappa shape index (κ3) is 3.38. The van der Waals surface area contributed by atoms with Gasteiger partial charge in [-0.15, -0.1) is 0 Å². The molecule has 4 heteroatoms. The highest BCUT2D eigenvalue weighted by molar-refractivity contribution is 5.79. The summed E-state index contributed by atoms with van der Waals surface area (Å²) < 4.78 is 0.